The van der Waals surface area contributed by atoms with Crippen molar-refractivity contribution in [2.24, 2.45) is 0 Å². The molecule has 1 aromatic rings. The third-order valence-electron chi connectivity index (χ3n) is 1.58. The predicted octanol–water partition coefficient (Wildman–Crippen LogP) is 2.98. The lowest BCUT2D eigenvalue weighted by atomic mass is 10.3. The van der Waals surface area contributed by atoms with Crippen LogP contribution in [-0.4, -0.2) is 29.7 Å². The zero-order valence-electron chi connectivity index (χ0n) is 7.09. The monoisotopic (exact) mass is 325 g/mol. The molecule has 1 amide bonds. The lowest BCUT2D eigenvalue weighted by molar-refractivity contribution is 0.0804. The van der Waals surface area contributed by atoms with Crippen LogP contribution in [0.3, 0.4) is 0 Å². The molecule has 0 spiro atoms. The topological polar surface area (TPSA) is 20.3 Å². The Morgan fingerprint density at radius 1 is 1.69 bits per heavy atom. The smallest absolute Gasteiger partial charge is 0.254 e. The maximum atomic E-state index is 11.6. The molecule has 0 fully saturated rings. The van der Waals surface area contributed by atoms with Gasteiger partial charge in [0.25, 0.3) is 5.91 Å². The zero-order valence-corrected chi connectivity index (χ0v) is 11.1. The second kappa shape index (κ2) is 5.12. The van der Waals surface area contributed by atoms with E-state index >= 15 is 0 Å². The summed E-state index contributed by atoms with van der Waals surface area (Å²) in [5.74, 6) is 0.0707. The predicted molar refractivity (Wildman–Crippen MR) is 62.8 cm³/mol. The second-order valence-corrected chi connectivity index (χ2v) is 5.64. The van der Waals surface area contributed by atoms with E-state index in [0.717, 1.165) is 21.2 Å². The molecule has 0 saturated heterocycles. The van der Waals surface area contributed by atoms with Crippen molar-refractivity contribution in [1.82, 2.24) is 4.90 Å². The molecule has 13 heavy (non-hydrogen) atoms. The Morgan fingerprint density at radius 3 is 2.85 bits per heavy atom. The molecule has 1 aromatic heterocycles. The van der Waals surface area contributed by atoms with Crippen LogP contribution in [0.2, 0.25) is 0 Å². The van der Waals surface area contributed by atoms with Gasteiger partial charge in [-0.05, 0) is 22.0 Å². The minimum absolute atomic E-state index is 0.0707. The van der Waals surface area contributed by atoms with Gasteiger partial charge in [0.2, 0.25) is 0 Å². The zero-order chi connectivity index (χ0) is 9.84. The van der Waals surface area contributed by atoms with Crippen molar-refractivity contribution in [2.45, 2.75) is 0 Å². The Bertz CT molecular complexity index is 300. The molecule has 72 valence electrons. The number of hydrogen-bond acceptors (Lipinski definition) is 2. The maximum Gasteiger partial charge on any atom is 0.254 e. The van der Waals surface area contributed by atoms with E-state index in [2.05, 4.69) is 31.9 Å². The molecule has 0 N–H and O–H groups in total. The molecular weight excluding hydrogens is 318 g/mol. The highest BCUT2D eigenvalue weighted by molar-refractivity contribution is 9.11. The Kier molecular flexibility index (Phi) is 4.41. The van der Waals surface area contributed by atoms with E-state index in [1.54, 1.807) is 11.9 Å². The number of thiophene rings is 1. The lowest BCUT2D eigenvalue weighted by Gasteiger charge is -2.14. The molecule has 0 radical (unpaired) electrons. The molecule has 2 nitrogen and oxygen atoms in total. The van der Waals surface area contributed by atoms with E-state index in [1.165, 1.54) is 11.3 Å². The average Bonchev–Trinajstić information content (AvgIpc) is 2.51. The van der Waals surface area contributed by atoms with Crippen LogP contribution in [0, 0.1) is 0 Å². The fraction of sp³-hybridized carbons (Fsp3) is 0.375. The highest BCUT2D eigenvalue weighted by Gasteiger charge is 2.11. The number of nitrogens with zero attached hydrogens (tertiary/aromatic N) is 1. The van der Waals surface area contributed by atoms with Crippen molar-refractivity contribution < 1.29 is 4.79 Å². The van der Waals surface area contributed by atoms with Crippen LogP contribution in [-0.2, 0) is 0 Å². The van der Waals surface area contributed by atoms with E-state index in [9.17, 15) is 4.79 Å². The van der Waals surface area contributed by atoms with Crippen LogP contribution >= 0.6 is 43.2 Å². The minimum Gasteiger partial charge on any atom is -0.341 e. The third-order valence-corrected chi connectivity index (χ3v) is 3.44. The van der Waals surface area contributed by atoms with Crippen molar-refractivity contribution in [3.63, 3.8) is 0 Å². The fourth-order valence-electron chi connectivity index (χ4n) is 0.871. The molecule has 0 aliphatic carbocycles. The van der Waals surface area contributed by atoms with E-state index < -0.39 is 0 Å². The number of halogens is 2. The van der Waals surface area contributed by atoms with Gasteiger partial charge in [-0.15, -0.1) is 11.3 Å². The molecule has 0 aliphatic rings. The first-order valence-corrected chi connectivity index (χ1v) is 6.50. The lowest BCUT2D eigenvalue weighted by Crippen LogP contribution is -2.27. The quantitative estimate of drug-likeness (QED) is 0.782. The number of amides is 1. The van der Waals surface area contributed by atoms with Crippen LogP contribution < -0.4 is 0 Å². The van der Waals surface area contributed by atoms with Gasteiger partial charge in [0.1, 0.15) is 0 Å². The summed E-state index contributed by atoms with van der Waals surface area (Å²) in [6, 6.07) is 1.84. The SMILES string of the molecule is CN(CCBr)C(=O)c1csc(Br)c1. The van der Waals surface area contributed by atoms with Gasteiger partial charge in [0.15, 0.2) is 0 Å². The van der Waals surface area contributed by atoms with E-state index in [-0.39, 0.29) is 5.91 Å². The summed E-state index contributed by atoms with van der Waals surface area (Å²) in [5, 5.41) is 2.66. The first-order valence-electron chi connectivity index (χ1n) is 3.70. The Morgan fingerprint density at radius 2 is 2.38 bits per heavy atom. The van der Waals surface area contributed by atoms with Crippen molar-refractivity contribution >= 4 is 49.1 Å². The summed E-state index contributed by atoms with van der Waals surface area (Å²) in [6.07, 6.45) is 0. The van der Waals surface area contributed by atoms with Gasteiger partial charge in [-0.25, -0.2) is 0 Å². The van der Waals surface area contributed by atoms with Crippen LogP contribution in [0.25, 0.3) is 0 Å². The summed E-state index contributed by atoms with van der Waals surface area (Å²) in [4.78, 5) is 13.3. The third kappa shape index (κ3) is 3.07. The van der Waals surface area contributed by atoms with Gasteiger partial charge in [0, 0.05) is 24.3 Å². The van der Waals surface area contributed by atoms with Crippen molar-refractivity contribution in [3.8, 4) is 0 Å². The summed E-state index contributed by atoms with van der Waals surface area (Å²) in [5.41, 5.74) is 0.750. The van der Waals surface area contributed by atoms with Gasteiger partial charge >= 0.3 is 0 Å². The normalized spacial score (nSPS) is 10.1. The van der Waals surface area contributed by atoms with Gasteiger partial charge < -0.3 is 4.90 Å². The number of rotatable bonds is 3. The molecule has 0 atom stereocenters. The van der Waals surface area contributed by atoms with Crippen molar-refractivity contribution in [2.75, 3.05) is 18.9 Å². The first kappa shape index (κ1) is 11.2. The molecule has 1 rings (SSSR count). The average molecular weight is 327 g/mol. The van der Waals surface area contributed by atoms with Crippen molar-refractivity contribution in [3.05, 3.63) is 20.8 Å². The largest absolute Gasteiger partial charge is 0.341 e. The molecule has 5 heteroatoms. The molecule has 0 saturated carbocycles. The number of hydrogen-bond donors (Lipinski definition) is 0. The van der Waals surface area contributed by atoms with Gasteiger partial charge in [0.05, 0.1) is 9.35 Å². The Balaban J connectivity index is 2.67. The van der Waals surface area contributed by atoms with Crippen LogP contribution in [0.5, 0.6) is 0 Å². The first-order chi connectivity index (χ1) is 6.15. The molecule has 0 bridgehead atoms. The molecular formula is C8H9Br2NOS. The molecule has 0 aliphatic heterocycles. The highest BCUT2D eigenvalue weighted by Crippen LogP contribution is 2.21. The van der Waals surface area contributed by atoms with Gasteiger partial charge in [-0.3, -0.25) is 4.79 Å². The standard InChI is InChI=1S/C8H9Br2NOS/c1-11(3-2-9)8(12)6-4-7(10)13-5-6/h4-5H,2-3H2,1H3. The summed E-state index contributed by atoms with van der Waals surface area (Å²) >= 11 is 8.15. The van der Waals surface area contributed by atoms with E-state index in [4.69, 9.17) is 0 Å². The second-order valence-electron chi connectivity index (χ2n) is 2.56. The van der Waals surface area contributed by atoms with E-state index in [0.29, 0.717) is 0 Å². The Labute approximate surface area is 98.2 Å². The fourth-order valence-corrected chi connectivity index (χ4v) is 2.53. The number of carbonyl (C=O) groups is 1. The van der Waals surface area contributed by atoms with E-state index in [1.807, 2.05) is 11.4 Å². The maximum absolute atomic E-state index is 11.6. The molecule has 0 unspecified atom stereocenters. The van der Waals surface area contributed by atoms with Crippen LogP contribution in [0.1, 0.15) is 10.4 Å². The molecule has 0 aromatic carbocycles. The summed E-state index contributed by atoms with van der Waals surface area (Å²) in [7, 11) is 1.80. The highest BCUT2D eigenvalue weighted by atomic mass is 79.9. The summed E-state index contributed by atoms with van der Waals surface area (Å²) in [6.45, 7) is 0.728. The summed E-state index contributed by atoms with van der Waals surface area (Å²) < 4.78 is 0.989. The van der Waals surface area contributed by atoms with Crippen LogP contribution in [0.4, 0.5) is 0 Å². The number of carbonyl (C=O) groups excluding carboxylic acids is 1. The molecule has 1 heterocycles. The van der Waals surface area contributed by atoms with Gasteiger partial charge in [-0.2, -0.15) is 0 Å². The van der Waals surface area contributed by atoms with Crippen LogP contribution in [0.15, 0.2) is 15.2 Å². The number of alkyl halides is 1. The Hall–Kier alpha value is 0.130. The van der Waals surface area contributed by atoms with Gasteiger partial charge in [-0.1, -0.05) is 15.9 Å². The minimum atomic E-state index is 0.0707. The van der Waals surface area contributed by atoms with Crippen molar-refractivity contribution in [1.29, 1.82) is 0 Å².